The standard InChI is InChI=1S/C19H18Cl2N4O/c1-11-12(2)24-19(13-3-5-22-6-4-13)25-18(11)23-10-17(26)14-7-15(20)9-16(21)8-14/h3-9,17,26H,10H2,1-2H3,(H,23,24,25). The molecule has 0 spiro atoms. The molecule has 1 unspecified atom stereocenters. The summed E-state index contributed by atoms with van der Waals surface area (Å²) in [6.07, 6.45) is 2.63. The molecule has 0 aliphatic rings. The summed E-state index contributed by atoms with van der Waals surface area (Å²) in [4.78, 5) is 13.1. The van der Waals surface area contributed by atoms with Crippen LogP contribution >= 0.6 is 23.2 Å². The highest BCUT2D eigenvalue weighted by Gasteiger charge is 2.13. The molecule has 3 rings (SSSR count). The van der Waals surface area contributed by atoms with E-state index in [-0.39, 0.29) is 6.54 Å². The Kier molecular flexibility index (Phi) is 5.71. The van der Waals surface area contributed by atoms with Gasteiger partial charge in [0.05, 0.1) is 6.10 Å². The van der Waals surface area contributed by atoms with Crippen molar-refractivity contribution in [3.8, 4) is 11.4 Å². The smallest absolute Gasteiger partial charge is 0.161 e. The Morgan fingerprint density at radius 1 is 1.04 bits per heavy atom. The SMILES string of the molecule is Cc1nc(-c2ccncc2)nc(NCC(O)c2cc(Cl)cc(Cl)c2)c1C. The van der Waals surface area contributed by atoms with Gasteiger partial charge in [-0.1, -0.05) is 23.2 Å². The summed E-state index contributed by atoms with van der Waals surface area (Å²) in [5.74, 6) is 1.29. The van der Waals surface area contributed by atoms with Gasteiger partial charge in [0.25, 0.3) is 0 Å². The molecule has 2 N–H and O–H groups in total. The molecule has 5 nitrogen and oxygen atoms in total. The lowest BCUT2D eigenvalue weighted by Crippen LogP contribution is -2.15. The zero-order valence-corrected chi connectivity index (χ0v) is 15.9. The van der Waals surface area contributed by atoms with Crippen molar-refractivity contribution >= 4 is 29.0 Å². The number of aromatic nitrogens is 3. The summed E-state index contributed by atoms with van der Waals surface area (Å²) < 4.78 is 0. The summed E-state index contributed by atoms with van der Waals surface area (Å²) in [6, 6.07) is 8.74. The predicted octanol–water partition coefficient (Wildman–Crippen LogP) is 4.61. The maximum atomic E-state index is 10.4. The van der Waals surface area contributed by atoms with Gasteiger partial charge in [-0.3, -0.25) is 4.98 Å². The second-order valence-electron chi connectivity index (χ2n) is 5.94. The number of benzene rings is 1. The van der Waals surface area contributed by atoms with Gasteiger partial charge in [-0.2, -0.15) is 0 Å². The fraction of sp³-hybridized carbons (Fsp3) is 0.211. The number of hydrogen-bond donors (Lipinski definition) is 2. The quantitative estimate of drug-likeness (QED) is 0.667. The minimum Gasteiger partial charge on any atom is -0.387 e. The Bertz CT molecular complexity index is 899. The Labute approximate surface area is 162 Å². The van der Waals surface area contributed by atoms with Gasteiger partial charge < -0.3 is 10.4 Å². The summed E-state index contributed by atoms with van der Waals surface area (Å²) in [6.45, 7) is 4.14. The van der Waals surface area contributed by atoms with E-state index in [0.717, 1.165) is 16.8 Å². The number of anilines is 1. The van der Waals surface area contributed by atoms with E-state index >= 15 is 0 Å². The van der Waals surface area contributed by atoms with Crippen LogP contribution in [0.2, 0.25) is 10.0 Å². The van der Waals surface area contributed by atoms with Crippen molar-refractivity contribution < 1.29 is 5.11 Å². The van der Waals surface area contributed by atoms with Gasteiger partial charge in [0.2, 0.25) is 0 Å². The Hall–Kier alpha value is -2.21. The largest absolute Gasteiger partial charge is 0.387 e. The fourth-order valence-corrected chi connectivity index (χ4v) is 3.05. The number of pyridine rings is 1. The highest BCUT2D eigenvalue weighted by atomic mass is 35.5. The lowest BCUT2D eigenvalue weighted by molar-refractivity contribution is 0.191. The normalized spacial score (nSPS) is 12.0. The number of aryl methyl sites for hydroxylation is 1. The summed E-state index contributed by atoms with van der Waals surface area (Å²) >= 11 is 12.0. The molecule has 26 heavy (non-hydrogen) atoms. The van der Waals surface area contributed by atoms with E-state index in [0.29, 0.717) is 27.3 Å². The van der Waals surface area contributed by atoms with Crippen LogP contribution < -0.4 is 5.32 Å². The number of hydrogen-bond acceptors (Lipinski definition) is 5. The summed E-state index contributed by atoms with van der Waals surface area (Å²) in [5.41, 5.74) is 3.33. The first-order valence-electron chi connectivity index (χ1n) is 8.07. The van der Waals surface area contributed by atoms with Crippen molar-refractivity contribution in [1.82, 2.24) is 15.0 Å². The molecule has 1 atom stereocenters. The van der Waals surface area contributed by atoms with E-state index in [1.165, 1.54) is 0 Å². The van der Waals surface area contributed by atoms with E-state index in [4.69, 9.17) is 23.2 Å². The fourth-order valence-electron chi connectivity index (χ4n) is 2.51. The van der Waals surface area contributed by atoms with Crippen LogP contribution in [0.1, 0.15) is 22.9 Å². The number of nitrogens with one attached hydrogen (secondary N) is 1. The lowest BCUT2D eigenvalue weighted by Gasteiger charge is -2.16. The van der Waals surface area contributed by atoms with E-state index in [1.807, 2.05) is 26.0 Å². The molecule has 0 fully saturated rings. The number of rotatable bonds is 5. The van der Waals surface area contributed by atoms with Crippen LogP contribution in [0.4, 0.5) is 5.82 Å². The lowest BCUT2D eigenvalue weighted by atomic mass is 10.1. The van der Waals surface area contributed by atoms with Crippen molar-refractivity contribution in [2.45, 2.75) is 20.0 Å². The highest BCUT2D eigenvalue weighted by Crippen LogP contribution is 2.25. The van der Waals surface area contributed by atoms with Gasteiger partial charge in [0.1, 0.15) is 5.82 Å². The molecule has 2 heterocycles. The van der Waals surface area contributed by atoms with Crippen LogP contribution in [0.15, 0.2) is 42.7 Å². The molecule has 0 aliphatic heterocycles. The van der Waals surface area contributed by atoms with Crippen molar-refractivity contribution in [1.29, 1.82) is 0 Å². The van der Waals surface area contributed by atoms with Crippen LogP contribution in [0.25, 0.3) is 11.4 Å². The van der Waals surface area contributed by atoms with Crippen molar-refractivity contribution in [2.75, 3.05) is 11.9 Å². The first kappa shape index (κ1) is 18.6. The molecule has 0 saturated carbocycles. The third kappa shape index (κ3) is 4.30. The topological polar surface area (TPSA) is 70.9 Å². The van der Waals surface area contributed by atoms with Gasteiger partial charge >= 0.3 is 0 Å². The van der Waals surface area contributed by atoms with E-state index in [2.05, 4.69) is 20.3 Å². The van der Waals surface area contributed by atoms with E-state index in [1.54, 1.807) is 30.6 Å². The molecular weight excluding hydrogens is 371 g/mol. The van der Waals surface area contributed by atoms with E-state index < -0.39 is 6.10 Å². The van der Waals surface area contributed by atoms with Crippen molar-refractivity contribution in [3.63, 3.8) is 0 Å². The maximum Gasteiger partial charge on any atom is 0.161 e. The van der Waals surface area contributed by atoms with Crippen LogP contribution in [-0.4, -0.2) is 26.6 Å². The van der Waals surface area contributed by atoms with Crippen LogP contribution in [0, 0.1) is 13.8 Å². The highest BCUT2D eigenvalue weighted by molar-refractivity contribution is 6.34. The van der Waals surface area contributed by atoms with E-state index in [9.17, 15) is 5.11 Å². The molecule has 7 heteroatoms. The Morgan fingerprint density at radius 2 is 1.69 bits per heavy atom. The average molecular weight is 389 g/mol. The molecular formula is C19H18Cl2N4O. The first-order chi connectivity index (χ1) is 12.4. The minimum atomic E-state index is -0.773. The predicted molar refractivity (Wildman–Crippen MR) is 105 cm³/mol. The zero-order chi connectivity index (χ0) is 18.7. The van der Waals surface area contributed by atoms with Crippen LogP contribution in [0.3, 0.4) is 0 Å². The average Bonchev–Trinajstić information content (AvgIpc) is 2.62. The molecule has 0 saturated heterocycles. The first-order valence-corrected chi connectivity index (χ1v) is 8.83. The third-order valence-corrected chi connectivity index (χ3v) is 4.50. The molecule has 0 bridgehead atoms. The third-order valence-electron chi connectivity index (χ3n) is 4.06. The van der Waals surface area contributed by atoms with Gasteiger partial charge in [0, 0.05) is 45.8 Å². The van der Waals surface area contributed by atoms with Gasteiger partial charge in [-0.25, -0.2) is 9.97 Å². The van der Waals surface area contributed by atoms with Crippen molar-refractivity contribution in [2.24, 2.45) is 0 Å². The van der Waals surface area contributed by atoms with Crippen molar-refractivity contribution in [3.05, 3.63) is 69.6 Å². The summed E-state index contributed by atoms with van der Waals surface area (Å²) in [7, 11) is 0. The molecule has 1 aromatic carbocycles. The number of aliphatic hydroxyl groups excluding tert-OH is 1. The molecule has 0 radical (unpaired) electrons. The number of nitrogens with zero attached hydrogens (tertiary/aromatic N) is 3. The second-order valence-corrected chi connectivity index (χ2v) is 6.81. The molecule has 0 aliphatic carbocycles. The monoisotopic (exact) mass is 388 g/mol. The van der Waals surface area contributed by atoms with Crippen LogP contribution in [-0.2, 0) is 0 Å². The maximum absolute atomic E-state index is 10.4. The summed E-state index contributed by atoms with van der Waals surface area (Å²) in [5, 5.41) is 14.6. The molecule has 3 aromatic rings. The Balaban J connectivity index is 1.82. The number of aliphatic hydroxyl groups is 1. The van der Waals surface area contributed by atoms with Crippen LogP contribution in [0.5, 0.6) is 0 Å². The van der Waals surface area contributed by atoms with Gasteiger partial charge in [0.15, 0.2) is 5.82 Å². The van der Waals surface area contributed by atoms with Gasteiger partial charge in [-0.05, 0) is 49.7 Å². The van der Waals surface area contributed by atoms with Gasteiger partial charge in [-0.15, -0.1) is 0 Å². The number of halogens is 2. The minimum absolute atomic E-state index is 0.268. The molecule has 0 amide bonds. The molecule has 2 aromatic heterocycles. The Morgan fingerprint density at radius 3 is 2.35 bits per heavy atom. The second kappa shape index (κ2) is 7.99. The molecule has 134 valence electrons. The zero-order valence-electron chi connectivity index (χ0n) is 14.4.